The molecular formula is C17H18BrNO3. The fourth-order valence-electron chi connectivity index (χ4n) is 1.99. The minimum atomic E-state index is 0.443. The summed E-state index contributed by atoms with van der Waals surface area (Å²) < 4.78 is 17.7. The molecule has 1 heterocycles. The van der Waals surface area contributed by atoms with E-state index >= 15 is 0 Å². The Labute approximate surface area is 138 Å². The lowest BCUT2D eigenvalue weighted by Gasteiger charge is -2.12. The average molecular weight is 364 g/mol. The molecule has 1 aliphatic rings. The first-order valence-corrected chi connectivity index (χ1v) is 8.08. The molecule has 1 saturated carbocycles. The van der Waals surface area contributed by atoms with Gasteiger partial charge in [-0.05, 0) is 52.4 Å². The summed E-state index contributed by atoms with van der Waals surface area (Å²) in [6.45, 7) is 1.18. The summed E-state index contributed by atoms with van der Waals surface area (Å²) in [5.74, 6) is 2.74. The molecule has 0 unspecified atom stereocenters. The van der Waals surface area contributed by atoms with E-state index in [4.69, 9.17) is 14.2 Å². The lowest BCUT2D eigenvalue weighted by Crippen LogP contribution is -2.04. The Morgan fingerprint density at radius 1 is 1.18 bits per heavy atom. The maximum absolute atomic E-state index is 5.83. The summed E-state index contributed by atoms with van der Waals surface area (Å²) in [5.41, 5.74) is 1.05. The number of nitrogens with zero attached hydrogens (tertiary/aromatic N) is 1. The number of methoxy groups -OCH3 is 1. The van der Waals surface area contributed by atoms with Crippen molar-refractivity contribution < 1.29 is 14.2 Å². The molecule has 0 spiro atoms. The van der Waals surface area contributed by atoms with Crippen LogP contribution < -0.4 is 14.2 Å². The van der Waals surface area contributed by atoms with Gasteiger partial charge in [-0.3, -0.25) is 0 Å². The molecular weight excluding hydrogens is 346 g/mol. The highest BCUT2D eigenvalue weighted by Gasteiger charge is 2.23. The van der Waals surface area contributed by atoms with E-state index in [0.717, 1.165) is 22.4 Å². The molecule has 1 fully saturated rings. The maximum atomic E-state index is 5.83. The molecule has 2 aromatic rings. The molecule has 1 aliphatic carbocycles. The van der Waals surface area contributed by atoms with Crippen molar-refractivity contribution >= 4 is 15.9 Å². The van der Waals surface area contributed by atoms with Crippen LogP contribution in [0.5, 0.6) is 17.4 Å². The zero-order chi connectivity index (χ0) is 15.4. The van der Waals surface area contributed by atoms with E-state index < -0.39 is 0 Å². The summed E-state index contributed by atoms with van der Waals surface area (Å²) in [6.07, 6.45) is 4.22. The topological polar surface area (TPSA) is 40.6 Å². The van der Waals surface area contributed by atoms with Gasteiger partial charge in [0, 0.05) is 16.7 Å². The van der Waals surface area contributed by atoms with Gasteiger partial charge in [0.25, 0.3) is 5.88 Å². The van der Waals surface area contributed by atoms with Gasteiger partial charge in [0.1, 0.15) is 12.4 Å². The third-order valence-electron chi connectivity index (χ3n) is 3.49. The van der Waals surface area contributed by atoms with Crippen molar-refractivity contribution in [3.8, 4) is 17.4 Å². The Morgan fingerprint density at radius 2 is 1.95 bits per heavy atom. The minimum absolute atomic E-state index is 0.443. The maximum Gasteiger partial charge on any atom is 0.257 e. The van der Waals surface area contributed by atoms with Crippen molar-refractivity contribution in [1.82, 2.24) is 4.98 Å². The van der Waals surface area contributed by atoms with Crippen molar-refractivity contribution in [2.75, 3.05) is 13.7 Å². The summed E-state index contributed by atoms with van der Waals surface area (Å²) >= 11 is 3.42. The van der Waals surface area contributed by atoms with E-state index in [2.05, 4.69) is 20.9 Å². The standard InChI is InChI=1S/C17H18BrNO3/c1-20-15-6-4-13(5-7-15)11-22-17-16(8-14(18)9-19-17)21-10-12-2-3-12/h4-9,12H,2-3,10-11H2,1H3. The molecule has 3 rings (SSSR count). The number of benzene rings is 1. The van der Waals surface area contributed by atoms with Gasteiger partial charge in [0.15, 0.2) is 5.75 Å². The van der Waals surface area contributed by atoms with Crippen LogP contribution in [0.2, 0.25) is 0 Å². The minimum Gasteiger partial charge on any atom is -0.497 e. The van der Waals surface area contributed by atoms with Crippen molar-refractivity contribution in [2.45, 2.75) is 19.4 Å². The Hall–Kier alpha value is -1.75. The Kier molecular flexibility index (Phi) is 4.83. The first kappa shape index (κ1) is 15.2. The van der Waals surface area contributed by atoms with Crippen LogP contribution in [0.1, 0.15) is 18.4 Å². The summed E-state index contributed by atoms with van der Waals surface area (Å²) in [6, 6.07) is 9.68. The first-order chi connectivity index (χ1) is 10.7. The van der Waals surface area contributed by atoms with Gasteiger partial charge in [-0.15, -0.1) is 0 Å². The van der Waals surface area contributed by atoms with Gasteiger partial charge in [-0.1, -0.05) is 12.1 Å². The predicted molar refractivity (Wildman–Crippen MR) is 87.5 cm³/mol. The van der Waals surface area contributed by atoms with Crippen LogP contribution in [-0.4, -0.2) is 18.7 Å². The Bertz CT molecular complexity index is 626. The van der Waals surface area contributed by atoms with Gasteiger partial charge in [0.05, 0.1) is 13.7 Å². The normalized spacial score (nSPS) is 13.7. The number of halogens is 1. The van der Waals surface area contributed by atoms with E-state index in [1.807, 2.05) is 30.3 Å². The number of hydrogen-bond donors (Lipinski definition) is 0. The summed E-state index contributed by atoms with van der Waals surface area (Å²) in [5, 5.41) is 0. The number of aromatic nitrogens is 1. The zero-order valence-electron chi connectivity index (χ0n) is 12.4. The zero-order valence-corrected chi connectivity index (χ0v) is 14.0. The number of pyridine rings is 1. The predicted octanol–water partition coefficient (Wildman–Crippen LogP) is 4.22. The van der Waals surface area contributed by atoms with Gasteiger partial charge in [0.2, 0.25) is 0 Å². The van der Waals surface area contributed by atoms with E-state index in [1.54, 1.807) is 13.3 Å². The quantitative estimate of drug-likeness (QED) is 0.738. The SMILES string of the molecule is COc1ccc(COc2ncc(Br)cc2OCC2CC2)cc1. The Balaban J connectivity index is 1.64. The van der Waals surface area contributed by atoms with Crippen LogP contribution in [0.4, 0.5) is 0 Å². The van der Waals surface area contributed by atoms with Crippen LogP contribution >= 0.6 is 15.9 Å². The molecule has 5 heteroatoms. The van der Waals surface area contributed by atoms with Crippen LogP contribution in [-0.2, 0) is 6.61 Å². The fraction of sp³-hybridized carbons (Fsp3) is 0.353. The third kappa shape index (κ3) is 4.13. The largest absolute Gasteiger partial charge is 0.497 e. The molecule has 4 nitrogen and oxygen atoms in total. The van der Waals surface area contributed by atoms with Crippen molar-refractivity contribution in [2.24, 2.45) is 5.92 Å². The molecule has 0 radical (unpaired) electrons. The van der Waals surface area contributed by atoms with Gasteiger partial charge >= 0.3 is 0 Å². The van der Waals surface area contributed by atoms with Crippen LogP contribution in [0.3, 0.4) is 0 Å². The molecule has 1 aromatic heterocycles. The van der Waals surface area contributed by atoms with Gasteiger partial charge in [-0.25, -0.2) is 4.98 Å². The lowest BCUT2D eigenvalue weighted by atomic mass is 10.2. The number of rotatable bonds is 7. The highest BCUT2D eigenvalue weighted by molar-refractivity contribution is 9.10. The highest BCUT2D eigenvalue weighted by Crippen LogP contribution is 2.33. The van der Waals surface area contributed by atoms with Crippen molar-refractivity contribution in [3.63, 3.8) is 0 Å². The second-order valence-corrected chi connectivity index (χ2v) is 6.26. The van der Waals surface area contributed by atoms with E-state index in [0.29, 0.717) is 24.2 Å². The molecule has 0 N–H and O–H groups in total. The molecule has 22 heavy (non-hydrogen) atoms. The summed E-state index contributed by atoms with van der Waals surface area (Å²) in [7, 11) is 1.65. The number of hydrogen-bond acceptors (Lipinski definition) is 4. The second-order valence-electron chi connectivity index (χ2n) is 5.35. The monoisotopic (exact) mass is 363 g/mol. The molecule has 0 atom stereocenters. The van der Waals surface area contributed by atoms with Crippen molar-refractivity contribution in [1.29, 1.82) is 0 Å². The highest BCUT2D eigenvalue weighted by atomic mass is 79.9. The molecule has 0 aliphatic heterocycles. The van der Waals surface area contributed by atoms with Crippen LogP contribution in [0.25, 0.3) is 0 Å². The Morgan fingerprint density at radius 3 is 2.64 bits per heavy atom. The first-order valence-electron chi connectivity index (χ1n) is 7.28. The van der Waals surface area contributed by atoms with Crippen molar-refractivity contribution in [3.05, 3.63) is 46.6 Å². The number of ether oxygens (including phenoxy) is 3. The smallest absolute Gasteiger partial charge is 0.257 e. The van der Waals surface area contributed by atoms with Crippen LogP contribution in [0.15, 0.2) is 41.0 Å². The molecule has 0 bridgehead atoms. The van der Waals surface area contributed by atoms with E-state index in [-0.39, 0.29) is 0 Å². The average Bonchev–Trinajstić information content (AvgIpc) is 3.37. The second kappa shape index (κ2) is 7.01. The van der Waals surface area contributed by atoms with Gasteiger partial charge < -0.3 is 14.2 Å². The molecule has 0 amide bonds. The summed E-state index contributed by atoms with van der Waals surface area (Å²) in [4.78, 5) is 4.31. The van der Waals surface area contributed by atoms with Gasteiger partial charge in [-0.2, -0.15) is 0 Å². The third-order valence-corrected chi connectivity index (χ3v) is 3.92. The lowest BCUT2D eigenvalue weighted by molar-refractivity contribution is 0.245. The molecule has 116 valence electrons. The van der Waals surface area contributed by atoms with E-state index in [1.165, 1.54) is 12.8 Å². The van der Waals surface area contributed by atoms with Crippen LogP contribution in [0, 0.1) is 5.92 Å². The molecule has 1 aromatic carbocycles. The van der Waals surface area contributed by atoms with E-state index in [9.17, 15) is 0 Å². The molecule has 0 saturated heterocycles. The fourth-order valence-corrected chi connectivity index (χ4v) is 2.30.